The van der Waals surface area contributed by atoms with Gasteiger partial charge in [0.1, 0.15) is 0 Å². The third-order valence-electron chi connectivity index (χ3n) is 5.31. The average Bonchev–Trinajstić information content (AvgIpc) is 3.20. The van der Waals surface area contributed by atoms with Crippen LogP contribution < -0.4 is 4.72 Å². The van der Waals surface area contributed by atoms with Crippen molar-refractivity contribution in [1.29, 1.82) is 0 Å². The number of morpholine rings is 1. The Bertz CT molecular complexity index is 1070. The van der Waals surface area contributed by atoms with Gasteiger partial charge in [-0.25, -0.2) is 13.4 Å². The molecule has 2 aromatic carbocycles. The molecule has 1 N–H and O–H groups in total. The van der Waals surface area contributed by atoms with Crippen LogP contribution in [-0.2, 0) is 19.6 Å². The Hall–Kier alpha value is -2.75. The van der Waals surface area contributed by atoms with Gasteiger partial charge in [0.25, 0.3) is 5.91 Å². The summed E-state index contributed by atoms with van der Waals surface area (Å²) in [4.78, 5) is 15.3. The van der Waals surface area contributed by atoms with E-state index in [1.54, 1.807) is 23.2 Å². The van der Waals surface area contributed by atoms with Crippen molar-refractivity contribution in [3.8, 4) is 0 Å². The molecule has 4 rings (SSSR count). The summed E-state index contributed by atoms with van der Waals surface area (Å²) >= 11 is 0. The second-order valence-electron chi connectivity index (χ2n) is 7.76. The molecule has 0 aliphatic carbocycles. The van der Waals surface area contributed by atoms with Gasteiger partial charge >= 0.3 is 0 Å². The van der Waals surface area contributed by atoms with Crippen LogP contribution >= 0.6 is 0 Å². The molecule has 1 fully saturated rings. The summed E-state index contributed by atoms with van der Waals surface area (Å²) in [6, 6.07) is 16.7. The Morgan fingerprint density at radius 2 is 1.87 bits per heavy atom. The number of hydrogen-bond acceptors (Lipinski definition) is 6. The predicted molar refractivity (Wildman–Crippen MR) is 119 cm³/mol. The van der Waals surface area contributed by atoms with E-state index < -0.39 is 10.0 Å². The van der Waals surface area contributed by atoms with E-state index in [9.17, 15) is 13.2 Å². The number of carbonyl (C=O) groups is 1. The van der Waals surface area contributed by atoms with Crippen molar-refractivity contribution in [3.63, 3.8) is 0 Å². The fraction of sp³-hybridized carbons (Fsp3) is 0.364. The van der Waals surface area contributed by atoms with Crippen LogP contribution in [-0.4, -0.2) is 69.0 Å². The van der Waals surface area contributed by atoms with E-state index in [2.05, 4.69) is 14.7 Å². The number of nitrogens with zero attached hydrogens (tertiary/aromatic N) is 3. The number of benzene rings is 2. The van der Waals surface area contributed by atoms with Crippen molar-refractivity contribution in [2.75, 3.05) is 43.8 Å². The summed E-state index contributed by atoms with van der Waals surface area (Å²) in [5, 5.41) is 6.26. The lowest BCUT2D eigenvalue weighted by atomic mass is 9.98. The molecule has 0 spiro atoms. The second kappa shape index (κ2) is 9.17. The standard InChI is InChI=1S/C22H26N4O4S/c1-31(28,29)24-19-9-5-8-18(14-19)20-15-21(17-6-3-2-4-7-17)26(23-20)22(27)16-25-10-12-30-13-11-25/h2-9,14,21,24H,10-13,15-16H2,1H3. The minimum atomic E-state index is -3.38. The summed E-state index contributed by atoms with van der Waals surface area (Å²) in [5.74, 6) is -0.0591. The van der Waals surface area contributed by atoms with E-state index in [1.807, 2.05) is 36.4 Å². The predicted octanol–water partition coefficient (Wildman–Crippen LogP) is 2.07. The monoisotopic (exact) mass is 442 g/mol. The lowest BCUT2D eigenvalue weighted by molar-refractivity contribution is -0.135. The fourth-order valence-corrected chi connectivity index (χ4v) is 4.40. The summed E-state index contributed by atoms with van der Waals surface area (Å²) < 4.78 is 31.1. The van der Waals surface area contributed by atoms with Gasteiger partial charge < -0.3 is 4.74 Å². The van der Waals surface area contributed by atoms with Crippen molar-refractivity contribution in [3.05, 3.63) is 65.7 Å². The molecule has 8 nitrogen and oxygen atoms in total. The molecule has 1 atom stereocenters. The van der Waals surface area contributed by atoms with Crippen molar-refractivity contribution >= 4 is 27.3 Å². The topological polar surface area (TPSA) is 91.3 Å². The van der Waals surface area contributed by atoms with E-state index in [-0.39, 0.29) is 11.9 Å². The van der Waals surface area contributed by atoms with Gasteiger partial charge in [-0.05, 0) is 23.3 Å². The molecule has 1 amide bonds. The van der Waals surface area contributed by atoms with Crippen molar-refractivity contribution < 1.29 is 17.9 Å². The first-order valence-electron chi connectivity index (χ1n) is 10.2. The number of amides is 1. The highest BCUT2D eigenvalue weighted by atomic mass is 32.2. The van der Waals surface area contributed by atoms with E-state index >= 15 is 0 Å². The van der Waals surface area contributed by atoms with Gasteiger partial charge in [-0.15, -0.1) is 0 Å². The molecule has 2 aromatic rings. The third kappa shape index (κ3) is 5.49. The number of rotatable bonds is 6. The van der Waals surface area contributed by atoms with E-state index in [0.29, 0.717) is 31.9 Å². The minimum absolute atomic E-state index is 0.0591. The Labute approximate surface area is 182 Å². The van der Waals surface area contributed by atoms with Gasteiger partial charge in [0.05, 0.1) is 37.8 Å². The third-order valence-corrected chi connectivity index (χ3v) is 5.92. The maximum absolute atomic E-state index is 13.2. The quantitative estimate of drug-likeness (QED) is 0.740. The van der Waals surface area contributed by atoms with E-state index in [0.717, 1.165) is 36.2 Å². The van der Waals surface area contributed by atoms with Crippen molar-refractivity contribution in [1.82, 2.24) is 9.91 Å². The molecular formula is C22H26N4O4S. The number of hydrogen-bond donors (Lipinski definition) is 1. The maximum atomic E-state index is 13.2. The minimum Gasteiger partial charge on any atom is -0.379 e. The highest BCUT2D eigenvalue weighted by Crippen LogP contribution is 2.33. The number of hydrazone groups is 1. The highest BCUT2D eigenvalue weighted by molar-refractivity contribution is 7.92. The van der Waals surface area contributed by atoms with E-state index in [1.165, 1.54) is 0 Å². The first-order chi connectivity index (χ1) is 14.9. The van der Waals surface area contributed by atoms with Gasteiger partial charge in [0, 0.05) is 25.2 Å². The average molecular weight is 443 g/mol. The maximum Gasteiger partial charge on any atom is 0.257 e. The van der Waals surface area contributed by atoms with Crippen LogP contribution in [0.3, 0.4) is 0 Å². The van der Waals surface area contributed by atoms with Crippen LogP contribution in [0.15, 0.2) is 59.7 Å². The summed E-state index contributed by atoms with van der Waals surface area (Å²) in [6.45, 7) is 3.00. The number of anilines is 1. The van der Waals surface area contributed by atoms with Crippen LogP contribution in [0.4, 0.5) is 5.69 Å². The van der Waals surface area contributed by atoms with E-state index in [4.69, 9.17) is 4.74 Å². The highest BCUT2D eigenvalue weighted by Gasteiger charge is 2.33. The Kier molecular flexibility index (Phi) is 6.35. The van der Waals surface area contributed by atoms with Crippen molar-refractivity contribution in [2.24, 2.45) is 5.10 Å². The second-order valence-corrected chi connectivity index (χ2v) is 9.51. The van der Waals surface area contributed by atoms with Crippen LogP contribution in [0.2, 0.25) is 0 Å². The lowest BCUT2D eigenvalue weighted by Crippen LogP contribution is -2.43. The molecule has 2 heterocycles. The molecule has 164 valence electrons. The fourth-order valence-electron chi connectivity index (χ4n) is 3.85. The molecule has 1 unspecified atom stereocenters. The summed E-state index contributed by atoms with van der Waals surface area (Å²) in [5.41, 5.74) is 3.02. The zero-order chi connectivity index (χ0) is 21.8. The van der Waals surface area contributed by atoms with Gasteiger partial charge in [0.15, 0.2) is 0 Å². The lowest BCUT2D eigenvalue weighted by Gasteiger charge is -2.29. The molecule has 1 saturated heterocycles. The van der Waals surface area contributed by atoms with Crippen LogP contribution in [0, 0.1) is 0 Å². The molecule has 2 aliphatic rings. The molecule has 0 radical (unpaired) electrons. The number of ether oxygens (including phenoxy) is 1. The van der Waals surface area contributed by atoms with Gasteiger partial charge in [-0.2, -0.15) is 5.10 Å². The first-order valence-corrected chi connectivity index (χ1v) is 12.1. The Morgan fingerprint density at radius 1 is 1.13 bits per heavy atom. The van der Waals surface area contributed by atoms with Gasteiger partial charge in [-0.3, -0.25) is 14.4 Å². The van der Waals surface area contributed by atoms with Crippen molar-refractivity contribution in [2.45, 2.75) is 12.5 Å². The molecule has 31 heavy (non-hydrogen) atoms. The zero-order valence-corrected chi connectivity index (χ0v) is 18.2. The molecule has 0 bridgehead atoms. The smallest absolute Gasteiger partial charge is 0.257 e. The Balaban J connectivity index is 1.60. The number of sulfonamides is 1. The van der Waals surface area contributed by atoms with Crippen LogP contribution in [0.1, 0.15) is 23.6 Å². The van der Waals surface area contributed by atoms with Crippen LogP contribution in [0.5, 0.6) is 0 Å². The molecule has 9 heteroatoms. The molecular weight excluding hydrogens is 416 g/mol. The Morgan fingerprint density at radius 3 is 2.58 bits per heavy atom. The zero-order valence-electron chi connectivity index (χ0n) is 17.4. The van der Waals surface area contributed by atoms with Crippen LogP contribution in [0.25, 0.3) is 0 Å². The number of carbonyl (C=O) groups excluding carboxylic acids is 1. The summed E-state index contributed by atoms with van der Waals surface area (Å²) in [7, 11) is -3.38. The molecule has 0 aromatic heterocycles. The molecule has 2 aliphatic heterocycles. The largest absolute Gasteiger partial charge is 0.379 e. The van der Waals surface area contributed by atoms with Gasteiger partial charge in [0.2, 0.25) is 10.0 Å². The van der Waals surface area contributed by atoms with Gasteiger partial charge in [-0.1, -0.05) is 42.5 Å². The molecule has 0 saturated carbocycles. The first kappa shape index (κ1) is 21.5. The number of nitrogens with one attached hydrogen (secondary N) is 1. The SMILES string of the molecule is CS(=O)(=O)Nc1cccc(C2=NN(C(=O)CN3CCOCC3)C(c3ccccc3)C2)c1. The summed E-state index contributed by atoms with van der Waals surface area (Å²) in [6.07, 6.45) is 1.67. The normalized spacial score (nSPS) is 19.8.